The number of carbonyl (C=O) groups excluding carboxylic acids is 2. The fraction of sp³-hybridized carbons (Fsp3) is 0.478. The van der Waals surface area contributed by atoms with Gasteiger partial charge in [0.1, 0.15) is 16.4 Å². The quantitative estimate of drug-likeness (QED) is 0.495. The van der Waals surface area contributed by atoms with E-state index in [0.29, 0.717) is 16.2 Å². The van der Waals surface area contributed by atoms with Crippen LogP contribution in [0.25, 0.3) is 11.3 Å². The van der Waals surface area contributed by atoms with Gasteiger partial charge in [-0.3, -0.25) is 0 Å². The lowest BCUT2D eigenvalue weighted by molar-refractivity contribution is 0.0427. The maximum Gasteiger partial charge on any atom is 0.427 e. The minimum Gasteiger partial charge on any atom is -0.443 e. The van der Waals surface area contributed by atoms with E-state index in [1.165, 1.54) is 0 Å². The molecule has 2 amide bonds. The molecule has 0 spiro atoms. The zero-order valence-corrected chi connectivity index (χ0v) is 20.3. The van der Waals surface area contributed by atoms with Crippen LogP contribution in [0, 0.1) is 20.8 Å². The Kier molecular flexibility index (Phi) is 7.00. The van der Waals surface area contributed by atoms with Crippen LogP contribution in [-0.2, 0) is 9.47 Å². The summed E-state index contributed by atoms with van der Waals surface area (Å²) < 4.78 is 10.8. The van der Waals surface area contributed by atoms with Gasteiger partial charge in [-0.1, -0.05) is 29.8 Å². The Hall–Kier alpha value is -2.67. The number of aromatic nitrogens is 2. The van der Waals surface area contributed by atoms with Crippen LogP contribution in [0.4, 0.5) is 15.5 Å². The van der Waals surface area contributed by atoms with Crippen LogP contribution in [0.3, 0.4) is 0 Å². The highest BCUT2D eigenvalue weighted by molar-refractivity contribution is 6.30. The summed E-state index contributed by atoms with van der Waals surface area (Å²) in [6.45, 7) is 15.9. The Morgan fingerprint density at radius 1 is 0.871 bits per heavy atom. The SMILES string of the molecule is Cc1cccc(C)c1-c1nc(N(C(=O)OC(C)(C)C)C(=O)OC(C)(C)C)nc(Cl)c1C. The standard InChI is InChI=1S/C23H30ClN3O4/c1-13-11-10-12-14(2)16(13)17-15(3)18(24)26-19(25-17)27(20(28)30-22(4,5)6)21(29)31-23(7,8)9/h10-12H,1-9H3. The van der Waals surface area contributed by atoms with Gasteiger partial charge in [0.25, 0.3) is 0 Å². The number of anilines is 1. The summed E-state index contributed by atoms with van der Waals surface area (Å²) >= 11 is 6.41. The van der Waals surface area contributed by atoms with E-state index in [9.17, 15) is 9.59 Å². The third-order valence-electron chi connectivity index (χ3n) is 4.14. The van der Waals surface area contributed by atoms with Crippen molar-refractivity contribution >= 4 is 29.7 Å². The van der Waals surface area contributed by atoms with E-state index in [1.807, 2.05) is 32.0 Å². The van der Waals surface area contributed by atoms with Gasteiger partial charge < -0.3 is 9.47 Å². The number of hydrogen-bond donors (Lipinski definition) is 0. The van der Waals surface area contributed by atoms with Gasteiger partial charge in [-0.2, -0.15) is 4.98 Å². The molecule has 7 nitrogen and oxygen atoms in total. The first-order valence-electron chi connectivity index (χ1n) is 9.97. The van der Waals surface area contributed by atoms with Crippen molar-refractivity contribution in [2.24, 2.45) is 0 Å². The molecular formula is C23H30ClN3O4. The topological polar surface area (TPSA) is 81.6 Å². The third-order valence-corrected chi connectivity index (χ3v) is 4.51. The molecule has 0 bridgehead atoms. The van der Waals surface area contributed by atoms with Gasteiger partial charge in [-0.15, -0.1) is 4.90 Å². The largest absolute Gasteiger partial charge is 0.443 e. The van der Waals surface area contributed by atoms with Gasteiger partial charge in [0.05, 0.1) is 5.69 Å². The maximum absolute atomic E-state index is 12.9. The Balaban J connectivity index is 2.70. The molecule has 0 unspecified atom stereocenters. The van der Waals surface area contributed by atoms with Crippen molar-refractivity contribution in [1.29, 1.82) is 0 Å². The van der Waals surface area contributed by atoms with Crippen LogP contribution in [0.15, 0.2) is 18.2 Å². The lowest BCUT2D eigenvalue weighted by Gasteiger charge is -2.28. The molecule has 168 valence electrons. The van der Waals surface area contributed by atoms with Crippen molar-refractivity contribution < 1.29 is 19.1 Å². The van der Waals surface area contributed by atoms with E-state index in [-0.39, 0.29) is 11.1 Å². The van der Waals surface area contributed by atoms with Crippen LogP contribution in [0.5, 0.6) is 0 Å². The normalized spacial score (nSPS) is 11.8. The number of aryl methyl sites for hydroxylation is 2. The number of imide groups is 1. The summed E-state index contributed by atoms with van der Waals surface area (Å²) in [5.41, 5.74) is 2.29. The zero-order valence-electron chi connectivity index (χ0n) is 19.6. The highest BCUT2D eigenvalue weighted by atomic mass is 35.5. The van der Waals surface area contributed by atoms with Crippen molar-refractivity contribution in [2.75, 3.05) is 4.90 Å². The minimum absolute atomic E-state index is 0.125. The predicted octanol–water partition coefficient (Wildman–Crippen LogP) is 6.40. The summed E-state index contributed by atoms with van der Waals surface area (Å²) in [5.74, 6) is -0.211. The number of hydrogen-bond acceptors (Lipinski definition) is 6. The lowest BCUT2D eigenvalue weighted by atomic mass is 9.97. The van der Waals surface area contributed by atoms with Crippen molar-refractivity contribution in [1.82, 2.24) is 9.97 Å². The Labute approximate surface area is 188 Å². The Morgan fingerprint density at radius 3 is 1.74 bits per heavy atom. The van der Waals surface area contributed by atoms with Crippen LogP contribution in [-0.4, -0.2) is 33.4 Å². The first-order chi connectivity index (χ1) is 14.1. The highest BCUT2D eigenvalue weighted by Gasteiger charge is 2.35. The summed E-state index contributed by atoms with van der Waals surface area (Å²) in [4.78, 5) is 35.3. The fourth-order valence-electron chi connectivity index (χ4n) is 2.86. The van der Waals surface area contributed by atoms with E-state index in [2.05, 4.69) is 9.97 Å². The second kappa shape index (κ2) is 8.83. The summed E-state index contributed by atoms with van der Waals surface area (Å²) in [5, 5.41) is 0.125. The van der Waals surface area contributed by atoms with Gasteiger partial charge in [-0.25, -0.2) is 14.6 Å². The van der Waals surface area contributed by atoms with E-state index in [0.717, 1.165) is 16.7 Å². The second-order valence-corrected chi connectivity index (χ2v) is 9.71. The van der Waals surface area contributed by atoms with Gasteiger partial charge in [0.2, 0.25) is 5.95 Å². The summed E-state index contributed by atoms with van der Waals surface area (Å²) in [7, 11) is 0. The van der Waals surface area contributed by atoms with Crippen LogP contribution in [0.1, 0.15) is 58.2 Å². The number of ether oxygens (including phenoxy) is 2. The maximum atomic E-state index is 12.9. The Bertz CT molecular complexity index is 959. The lowest BCUT2D eigenvalue weighted by Crippen LogP contribution is -2.44. The number of amides is 2. The van der Waals surface area contributed by atoms with E-state index in [1.54, 1.807) is 48.5 Å². The number of halogens is 1. The molecule has 0 atom stereocenters. The van der Waals surface area contributed by atoms with Gasteiger partial charge >= 0.3 is 12.2 Å². The summed E-state index contributed by atoms with van der Waals surface area (Å²) in [6, 6.07) is 5.86. The zero-order chi connectivity index (χ0) is 23.7. The van der Waals surface area contributed by atoms with E-state index < -0.39 is 23.4 Å². The van der Waals surface area contributed by atoms with Gasteiger partial charge in [0, 0.05) is 11.1 Å². The Morgan fingerprint density at radius 2 is 1.32 bits per heavy atom. The molecule has 0 saturated heterocycles. The molecule has 0 saturated carbocycles. The smallest absolute Gasteiger partial charge is 0.427 e. The fourth-order valence-corrected chi connectivity index (χ4v) is 3.03. The molecule has 1 aromatic heterocycles. The monoisotopic (exact) mass is 447 g/mol. The average Bonchev–Trinajstić information content (AvgIpc) is 2.55. The minimum atomic E-state index is -0.950. The van der Waals surface area contributed by atoms with E-state index in [4.69, 9.17) is 21.1 Å². The molecule has 31 heavy (non-hydrogen) atoms. The molecule has 0 N–H and O–H groups in total. The number of rotatable bonds is 2. The van der Waals surface area contributed by atoms with Gasteiger partial charge in [-0.05, 0) is 73.4 Å². The van der Waals surface area contributed by atoms with Crippen LogP contribution >= 0.6 is 11.6 Å². The second-order valence-electron chi connectivity index (χ2n) is 9.35. The van der Waals surface area contributed by atoms with Crippen LogP contribution < -0.4 is 4.90 Å². The van der Waals surface area contributed by atoms with Crippen molar-refractivity contribution in [3.05, 3.63) is 40.0 Å². The molecular weight excluding hydrogens is 418 g/mol. The molecule has 1 heterocycles. The number of benzene rings is 1. The third kappa shape index (κ3) is 6.17. The molecule has 0 aliphatic heterocycles. The molecule has 1 aromatic carbocycles. The highest BCUT2D eigenvalue weighted by Crippen LogP contribution is 2.33. The van der Waals surface area contributed by atoms with Crippen LogP contribution in [0.2, 0.25) is 5.15 Å². The number of nitrogens with zero attached hydrogens (tertiary/aromatic N) is 3. The molecule has 8 heteroatoms. The number of carbonyl (C=O) groups is 2. The van der Waals surface area contributed by atoms with Crippen molar-refractivity contribution in [3.8, 4) is 11.3 Å². The molecule has 0 aliphatic carbocycles. The molecule has 0 aliphatic rings. The van der Waals surface area contributed by atoms with Gasteiger partial charge in [0.15, 0.2) is 0 Å². The van der Waals surface area contributed by atoms with Crippen molar-refractivity contribution in [2.45, 2.75) is 73.5 Å². The molecule has 0 radical (unpaired) electrons. The van der Waals surface area contributed by atoms with Crippen molar-refractivity contribution in [3.63, 3.8) is 0 Å². The first kappa shape index (κ1) is 24.6. The average molecular weight is 448 g/mol. The summed E-state index contributed by atoms with van der Waals surface area (Å²) in [6.07, 6.45) is -1.90. The molecule has 2 aromatic rings. The predicted molar refractivity (Wildman–Crippen MR) is 122 cm³/mol. The molecule has 0 fully saturated rings. The molecule has 2 rings (SSSR count). The van der Waals surface area contributed by atoms with E-state index >= 15 is 0 Å². The first-order valence-corrected chi connectivity index (χ1v) is 10.4.